The van der Waals surface area contributed by atoms with E-state index < -0.39 is 17.6 Å². The number of rotatable bonds is 7. The van der Waals surface area contributed by atoms with E-state index in [0.29, 0.717) is 18.9 Å². The monoisotopic (exact) mass is 341 g/mol. The Morgan fingerprint density at radius 3 is 2.38 bits per heavy atom. The Hall–Kier alpha value is -1.92. The summed E-state index contributed by atoms with van der Waals surface area (Å²) >= 11 is 0. The van der Waals surface area contributed by atoms with Gasteiger partial charge >= 0.3 is 6.18 Å². The molecule has 0 amide bonds. The van der Waals surface area contributed by atoms with Crippen LogP contribution in [0.2, 0.25) is 0 Å². The van der Waals surface area contributed by atoms with Crippen molar-refractivity contribution < 1.29 is 22.7 Å². The molecule has 0 radical (unpaired) electrons. The van der Waals surface area contributed by atoms with Crippen molar-refractivity contribution in [2.45, 2.75) is 31.6 Å². The molecule has 0 fully saturated rings. The number of nitrogens with one attached hydrogen (secondary N) is 1. The smallest absolute Gasteiger partial charge is 0.396 e. The number of hydrogen-bond donors (Lipinski definition) is 2. The predicted molar refractivity (Wildman–Crippen MR) is 83.7 cm³/mol. The van der Waals surface area contributed by atoms with E-state index in [2.05, 4.69) is 5.32 Å². The third kappa shape index (κ3) is 5.32. The minimum absolute atomic E-state index is 0.0310. The van der Waals surface area contributed by atoms with Gasteiger partial charge in [-0.05, 0) is 42.2 Å². The SMILES string of the molecule is OCCCC(NCc1cc(F)cc(C(F)(F)F)c1)c1ccccc1. The number of aliphatic hydroxyl groups is 1. The molecule has 1 atom stereocenters. The van der Waals surface area contributed by atoms with Crippen molar-refractivity contribution >= 4 is 0 Å². The largest absolute Gasteiger partial charge is 0.416 e. The van der Waals surface area contributed by atoms with Crippen LogP contribution < -0.4 is 5.32 Å². The second kappa shape index (κ2) is 8.26. The van der Waals surface area contributed by atoms with Gasteiger partial charge in [0.25, 0.3) is 0 Å². The van der Waals surface area contributed by atoms with Gasteiger partial charge in [-0.1, -0.05) is 30.3 Å². The fraction of sp³-hybridized carbons (Fsp3) is 0.333. The molecule has 0 heterocycles. The summed E-state index contributed by atoms with van der Waals surface area (Å²) in [6, 6.07) is 11.8. The van der Waals surface area contributed by atoms with Crippen molar-refractivity contribution in [2.75, 3.05) is 6.61 Å². The Kier molecular flexibility index (Phi) is 6.34. The van der Waals surface area contributed by atoms with E-state index >= 15 is 0 Å². The van der Waals surface area contributed by atoms with Gasteiger partial charge in [-0.3, -0.25) is 0 Å². The van der Waals surface area contributed by atoms with Crippen LogP contribution in [0, 0.1) is 5.82 Å². The van der Waals surface area contributed by atoms with Crippen LogP contribution in [0.5, 0.6) is 0 Å². The molecular weight excluding hydrogens is 322 g/mol. The summed E-state index contributed by atoms with van der Waals surface area (Å²) in [6.07, 6.45) is -3.39. The lowest BCUT2D eigenvalue weighted by Gasteiger charge is -2.19. The summed E-state index contributed by atoms with van der Waals surface area (Å²) in [6.45, 7) is 0.134. The second-order valence-electron chi connectivity index (χ2n) is 5.56. The topological polar surface area (TPSA) is 32.3 Å². The number of benzene rings is 2. The Morgan fingerprint density at radius 2 is 1.75 bits per heavy atom. The summed E-state index contributed by atoms with van der Waals surface area (Å²) in [4.78, 5) is 0. The third-order valence-electron chi connectivity index (χ3n) is 3.69. The standard InChI is InChI=1S/C18H19F4NO/c19-16-10-13(9-15(11-16)18(20,21)22)12-23-17(7-4-8-24)14-5-2-1-3-6-14/h1-3,5-6,9-11,17,23-24H,4,7-8,12H2. The van der Waals surface area contributed by atoms with Crippen molar-refractivity contribution in [1.29, 1.82) is 0 Å². The van der Waals surface area contributed by atoms with Crippen molar-refractivity contribution in [2.24, 2.45) is 0 Å². The molecule has 0 bridgehead atoms. The van der Waals surface area contributed by atoms with Crippen LogP contribution in [-0.4, -0.2) is 11.7 Å². The normalized spacial score (nSPS) is 13.0. The van der Waals surface area contributed by atoms with Crippen molar-refractivity contribution in [3.8, 4) is 0 Å². The lowest BCUT2D eigenvalue weighted by Crippen LogP contribution is -2.21. The average Bonchev–Trinajstić information content (AvgIpc) is 2.54. The molecule has 0 aromatic heterocycles. The first kappa shape index (κ1) is 18.4. The second-order valence-corrected chi connectivity index (χ2v) is 5.56. The fourth-order valence-electron chi connectivity index (χ4n) is 2.52. The summed E-state index contributed by atoms with van der Waals surface area (Å²) in [5.74, 6) is -0.909. The zero-order chi connectivity index (χ0) is 17.6. The van der Waals surface area contributed by atoms with Gasteiger partial charge in [0.2, 0.25) is 0 Å². The van der Waals surface area contributed by atoms with E-state index in [9.17, 15) is 17.6 Å². The Bertz CT molecular complexity index is 643. The molecule has 0 saturated heterocycles. The molecule has 0 spiro atoms. The molecule has 2 aromatic rings. The highest BCUT2D eigenvalue weighted by Crippen LogP contribution is 2.30. The fourth-order valence-corrected chi connectivity index (χ4v) is 2.52. The molecule has 2 nitrogen and oxygen atoms in total. The molecule has 2 N–H and O–H groups in total. The van der Waals surface area contributed by atoms with Crippen LogP contribution >= 0.6 is 0 Å². The summed E-state index contributed by atoms with van der Waals surface area (Å²) in [5.41, 5.74) is 0.205. The van der Waals surface area contributed by atoms with Crippen LogP contribution in [0.15, 0.2) is 48.5 Å². The van der Waals surface area contributed by atoms with Crippen molar-refractivity contribution in [3.05, 3.63) is 71.0 Å². The molecule has 1 unspecified atom stereocenters. The van der Waals surface area contributed by atoms with Crippen LogP contribution in [0.1, 0.15) is 35.6 Å². The van der Waals surface area contributed by atoms with Crippen LogP contribution in [0.3, 0.4) is 0 Å². The predicted octanol–water partition coefficient (Wildman–Crippen LogP) is 4.45. The van der Waals surface area contributed by atoms with Gasteiger partial charge in [0.1, 0.15) is 5.82 Å². The van der Waals surface area contributed by atoms with Crippen LogP contribution in [0.25, 0.3) is 0 Å². The average molecular weight is 341 g/mol. The molecular formula is C18H19F4NO. The highest BCUT2D eigenvalue weighted by Gasteiger charge is 2.31. The molecule has 0 aliphatic heterocycles. The number of hydrogen-bond acceptors (Lipinski definition) is 2. The van der Waals surface area contributed by atoms with Gasteiger partial charge in [-0.2, -0.15) is 13.2 Å². The lowest BCUT2D eigenvalue weighted by atomic mass is 10.0. The molecule has 2 aromatic carbocycles. The van der Waals surface area contributed by atoms with Gasteiger partial charge < -0.3 is 10.4 Å². The van der Waals surface area contributed by atoms with Gasteiger partial charge in [-0.25, -0.2) is 4.39 Å². The first-order valence-corrected chi connectivity index (χ1v) is 7.66. The van der Waals surface area contributed by atoms with E-state index in [4.69, 9.17) is 5.11 Å². The molecule has 2 rings (SSSR count). The van der Waals surface area contributed by atoms with E-state index in [1.54, 1.807) is 0 Å². The van der Waals surface area contributed by atoms with Gasteiger partial charge in [0, 0.05) is 19.2 Å². The number of alkyl halides is 3. The zero-order valence-electron chi connectivity index (χ0n) is 13.0. The van der Waals surface area contributed by atoms with E-state index in [1.807, 2.05) is 30.3 Å². The van der Waals surface area contributed by atoms with Crippen molar-refractivity contribution in [1.82, 2.24) is 5.32 Å². The Labute approximate surface area is 138 Å². The maximum Gasteiger partial charge on any atom is 0.416 e. The molecule has 130 valence electrons. The summed E-state index contributed by atoms with van der Waals surface area (Å²) < 4.78 is 51.7. The van der Waals surface area contributed by atoms with Crippen LogP contribution in [0.4, 0.5) is 17.6 Å². The molecule has 0 saturated carbocycles. The molecule has 0 aliphatic rings. The lowest BCUT2D eigenvalue weighted by molar-refractivity contribution is -0.137. The quantitative estimate of drug-likeness (QED) is 0.730. The summed E-state index contributed by atoms with van der Waals surface area (Å²) in [7, 11) is 0. The molecule has 24 heavy (non-hydrogen) atoms. The van der Waals surface area contributed by atoms with E-state index in [0.717, 1.165) is 17.7 Å². The molecule has 6 heteroatoms. The first-order chi connectivity index (χ1) is 11.4. The Balaban J connectivity index is 2.13. The highest BCUT2D eigenvalue weighted by molar-refractivity contribution is 5.27. The highest BCUT2D eigenvalue weighted by atomic mass is 19.4. The first-order valence-electron chi connectivity index (χ1n) is 7.66. The minimum Gasteiger partial charge on any atom is -0.396 e. The Morgan fingerprint density at radius 1 is 1.04 bits per heavy atom. The van der Waals surface area contributed by atoms with Crippen LogP contribution in [-0.2, 0) is 12.7 Å². The van der Waals surface area contributed by atoms with Gasteiger partial charge in [0.05, 0.1) is 5.56 Å². The van der Waals surface area contributed by atoms with E-state index in [1.165, 1.54) is 0 Å². The molecule has 0 aliphatic carbocycles. The zero-order valence-corrected chi connectivity index (χ0v) is 13.0. The van der Waals surface area contributed by atoms with Crippen molar-refractivity contribution in [3.63, 3.8) is 0 Å². The van der Waals surface area contributed by atoms with Gasteiger partial charge in [0.15, 0.2) is 0 Å². The minimum atomic E-state index is -4.58. The number of aliphatic hydroxyl groups excluding tert-OH is 1. The summed E-state index contributed by atoms with van der Waals surface area (Å²) in [5, 5.41) is 12.2. The maximum atomic E-state index is 13.4. The van der Waals surface area contributed by atoms with Gasteiger partial charge in [-0.15, -0.1) is 0 Å². The number of halogens is 4. The third-order valence-corrected chi connectivity index (χ3v) is 3.69. The van der Waals surface area contributed by atoms with E-state index in [-0.39, 0.29) is 24.8 Å². The maximum absolute atomic E-state index is 13.4.